The Morgan fingerprint density at radius 2 is 1.54 bits per heavy atom. The lowest BCUT2D eigenvalue weighted by molar-refractivity contribution is -0.133. The minimum absolute atomic E-state index is 0.291. The topological polar surface area (TPSA) is 110 Å². The number of hydrazine groups is 1. The number of hydrogen-bond acceptors (Lipinski definition) is 6. The average Bonchev–Trinajstić information content (AvgIpc) is 2.72. The second kappa shape index (κ2) is 10.4. The Morgan fingerprint density at radius 1 is 0.964 bits per heavy atom. The number of carbonyl (C=O) groups is 2. The van der Waals surface area contributed by atoms with Crippen molar-refractivity contribution in [3.05, 3.63) is 54.1 Å². The molecule has 2 aromatic carbocycles. The van der Waals surface area contributed by atoms with Crippen molar-refractivity contribution >= 4 is 11.8 Å². The van der Waals surface area contributed by atoms with Crippen molar-refractivity contribution in [1.29, 1.82) is 5.26 Å². The number of nitriles is 1. The molecule has 8 nitrogen and oxygen atoms in total. The third kappa shape index (κ3) is 6.53. The van der Waals surface area contributed by atoms with Gasteiger partial charge >= 0.3 is 0 Å². The minimum Gasteiger partial charge on any atom is -0.494 e. The van der Waals surface area contributed by atoms with Crippen molar-refractivity contribution in [1.82, 2.24) is 10.9 Å². The van der Waals surface area contributed by atoms with Crippen molar-refractivity contribution in [3.63, 3.8) is 0 Å². The van der Waals surface area contributed by atoms with Gasteiger partial charge in [-0.05, 0) is 62.4 Å². The zero-order valence-corrected chi connectivity index (χ0v) is 15.6. The van der Waals surface area contributed by atoms with E-state index >= 15 is 0 Å². The van der Waals surface area contributed by atoms with Crippen molar-refractivity contribution in [3.8, 4) is 23.3 Å². The first-order valence-corrected chi connectivity index (χ1v) is 8.63. The van der Waals surface area contributed by atoms with Crippen LogP contribution in [0.2, 0.25) is 0 Å². The highest BCUT2D eigenvalue weighted by atomic mass is 16.5. The highest BCUT2D eigenvalue weighted by molar-refractivity contribution is 5.85. The molecule has 0 radical (unpaired) electrons. The van der Waals surface area contributed by atoms with Gasteiger partial charge in [0.15, 0.2) is 12.7 Å². The smallest absolute Gasteiger partial charge is 0.279 e. The van der Waals surface area contributed by atoms with Gasteiger partial charge in [-0.2, -0.15) is 5.26 Å². The van der Waals surface area contributed by atoms with Gasteiger partial charge in [0.2, 0.25) is 0 Å². The Bertz CT molecular complexity index is 828. The number of nitrogens with zero attached hydrogens (tertiary/aromatic N) is 1. The van der Waals surface area contributed by atoms with Gasteiger partial charge in [-0.3, -0.25) is 20.4 Å². The zero-order chi connectivity index (χ0) is 20.4. The predicted molar refractivity (Wildman–Crippen MR) is 101 cm³/mol. The summed E-state index contributed by atoms with van der Waals surface area (Å²) in [5.41, 5.74) is 5.02. The molecule has 0 spiro atoms. The number of ether oxygens (including phenoxy) is 3. The first-order valence-electron chi connectivity index (χ1n) is 8.63. The molecule has 0 bridgehead atoms. The van der Waals surface area contributed by atoms with Gasteiger partial charge in [-0.15, -0.1) is 0 Å². The van der Waals surface area contributed by atoms with Crippen LogP contribution in [0.15, 0.2) is 48.5 Å². The molecule has 2 N–H and O–H groups in total. The average molecular weight is 383 g/mol. The van der Waals surface area contributed by atoms with Crippen LogP contribution in [0.5, 0.6) is 17.2 Å². The van der Waals surface area contributed by atoms with Crippen molar-refractivity contribution in [2.45, 2.75) is 20.0 Å². The van der Waals surface area contributed by atoms with Crippen molar-refractivity contribution < 1.29 is 23.8 Å². The fourth-order valence-electron chi connectivity index (χ4n) is 2.08. The summed E-state index contributed by atoms with van der Waals surface area (Å²) in [5, 5.41) is 8.73. The normalized spacial score (nSPS) is 10.9. The number of benzene rings is 2. The van der Waals surface area contributed by atoms with E-state index in [0.717, 1.165) is 0 Å². The van der Waals surface area contributed by atoms with E-state index in [2.05, 4.69) is 10.9 Å². The molecule has 0 heterocycles. The summed E-state index contributed by atoms with van der Waals surface area (Å²) >= 11 is 0. The molecule has 28 heavy (non-hydrogen) atoms. The molecular weight excluding hydrogens is 362 g/mol. The molecule has 0 aliphatic heterocycles. The summed E-state index contributed by atoms with van der Waals surface area (Å²) in [7, 11) is 0. The standard InChI is InChI=1S/C20H21N3O5/c1-3-26-16-8-10-18(11-9-16)28-14(2)20(25)23-22-19(24)13-27-17-6-4-15(12-21)5-7-17/h4-11,14H,3,13H2,1-2H3,(H,22,24)(H,23,25)/t14-/m1/s1. The first kappa shape index (κ1) is 20.6. The second-order valence-corrected chi connectivity index (χ2v) is 5.63. The Morgan fingerprint density at radius 3 is 2.14 bits per heavy atom. The quantitative estimate of drug-likeness (QED) is 0.674. The second-order valence-electron chi connectivity index (χ2n) is 5.63. The van der Waals surface area contributed by atoms with E-state index in [-0.39, 0.29) is 6.61 Å². The molecule has 0 aromatic heterocycles. The SMILES string of the molecule is CCOc1ccc(O[C@H](C)C(=O)NNC(=O)COc2ccc(C#N)cc2)cc1. The maximum Gasteiger partial charge on any atom is 0.279 e. The van der Waals surface area contributed by atoms with Crippen molar-refractivity contribution in [2.75, 3.05) is 13.2 Å². The Labute approximate surface area is 163 Å². The predicted octanol–water partition coefficient (Wildman–Crippen LogP) is 1.95. The summed E-state index contributed by atoms with van der Waals surface area (Å²) in [5.74, 6) is 0.599. The molecular formula is C20H21N3O5. The molecule has 0 saturated heterocycles. The summed E-state index contributed by atoms with van der Waals surface area (Å²) in [4.78, 5) is 23.8. The van der Waals surface area contributed by atoms with Gasteiger partial charge in [0.05, 0.1) is 18.2 Å². The third-order valence-electron chi connectivity index (χ3n) is 3.50. The highest BCUT2D eigenvalue weighted by Crippen LogP contribution is 2.18. The molecule has 146 valence electrons. The lowest BCUT2D eigenvalue weighted by atomic mass is 10.2. The Hall–Kier alpha value is -3.73. The van der Waals surface area contributed by atoms with Gasteiger partial charge in [0, 0.05) is 0 Å². The van der Waals surface area contributed by atoms with Crippen LogP contribution in [0.4, 0.5) is 0 Å². The highest BCUT2D eigenvalue weighted by Gasteiger charge is 2.15. The fourth-order valence-corrected chi connectivity index (χ4v) is 2.08. The fraction of sp³-hybridized carbons (Fsp3) is 0.250. The van der Waals surface area contributed by atoms with E-state index in [1.807, 2.05) is 13.0 Å². The third-order valence-corrected chi connectivity index (χ3v) is 3.50. The van der Waals surface area contributed by atoms with Crippen LogP contribution in [0, 0.1) is 11.3 Å². The molecule has 0 saturated carbocycles. The van der Waals surface area contributed by atoms with Gasteiger partial charge in [0.1, 0.15) is 17.2 Å². The lowest BCUT2D eigenvalue weighted by Crippen LogP contribution is -2.48. The number of carbonyl (C=O) groups excluding carboxylic acids is 2. The van der Waals surface area contributed by atoms with E-state index < -0.39 is 17.9 Å². The lowest BCUT2D eigenvalue weighted by Gasteiger charge is -2.15. The van der Waals surface area contributed by atoms with Crippen LogP contribution in [-0.4, -0.2) is 31.1 Å². The molecule has 2 amide bonds. The molecule has 2 rings (SSSR count). The van der Waals surface area contributed by atoms with E-state index in [1.165, 1.54) is 0 Å². The molecule has 0 aliphatic rings. The van der Waals surface area contributed by atoms with E-state index in [1.54, 1.807) is 55.5 Å². The molecule has 0 fully saturated rings. The summed E-state index contributed by atoms with van der Waals surface area (Å²) < 4.78 is 16.1. The number of hydrogen-bond donors (Lipinski definition) is 2. The maximum absolute atomic E-state index is 12.0. The van der Waals surface area contributed by atoms with E-state index in [4.69, 9.17) is 19.5 Å². The van der Waals surface area contributed by atoms with Gasteiger partial charge in [0.25, 0.3) is 11.8 Å². The largest absolute Gasteiger partial charge is 0.494 e. The first-order chi connectivity index (χ1) is 13.5. The summed E-state index contributed by atoms with van der Waals surface area (Å²) in [6.07, 6.45) is -0.822. The molecule has 1 atom stereocenters. The molecule has 2 aromatic rings. The number of amides is 2. The monoisotopic (exact) mass is 383 g/mol. The van der Waals surface area contributed by atoms with Crippen LogP contribution >= 0.6 is 0 Å². The number of nitrogens with one attached hydrogen (secondary N) is 2. The van der Waals surface area contributed by atoms with E-state index in [0.29, 0.717) is 29.4 Å². The molecule has 8 heteroatoms. The van der Waals surface area contributed by atoms with Crippen molar-refractivity contribution in [2.24, 2.45) is 0 Å². The van der Waals surface area contributed by atoms with Gasteiger partial charge in [-0.1, -0.05) is 0 Å². The Kier molecular flexibility index (Phi) is 7.66. The van der Waals surface area contributed by atoms with Crippen LogP contribution in [0.1, 0.15) is 19.4 Å². The minimum atomic E-state index is -0.822. The maximum atomic E-state index is 12.0. The number of rotatable bonds is 8. The van der Waals surface area contributed by atoms with Crippen LogP contribution < -0.4 is 25.1 Å². The van der Waals surface area contributed by atoms with Crippen LogP contribution in [0.3, 0.4) is 0 Å². The Balaban J connectivity index is 1.72. The molecule has 0 aliphatic carbocycles. The molecule has 0 unspecified atom stereocenters. The zero-order valence-electron chi connectivity index (χ0n) is 15.6. The summed E-state index contributed by atoms with van der Waals surface area (Å²) in [6, 6.07) is 15.2. The van der Waals surface area contributed by atoms with E-state index in [9.17, 15) is 9.59 Å². The van der Waals surface area contributed by atoms with Gasteiger partial charge < -0.3 is 14.2 Å². The summed E-state index contributed by atoms with van der Waals surface area (Å²) in [6.45, 7) is 3.72. The van der Waals surface area contributed by atoms with Crippen LogP contribution in [-0.2, 0) is 9.59 Å². The van der Waals surface area contributed by atoms with Crippen LogP contribution in [0.25, 0.3) is 0 Å². The van der Waals surface area contributed by atoms with Gasteiger partial charge in [-0.25, -0.2) is 0 Å².